The number of carboxylic acid groups (broad SMARTS) is 1. The maximum absolute atomic E-state index is 11.2. The van der Waals surface area contributed by atoms with Gasteiger partial charge in [0.15, 0.2) is 0 Å². The predicted octanol–water partition coefficient (Wildman–Crippen LogP) is 2.50. The number of hydrogen-bond acceptors (Lipinski definition) is 5. The number of nitriles is 1. The van der Waals surface area contributed by atoms with Gasteiger partial charge in [-0.1, -0.05) is 13.8 Å². The first-order valence-corrected chi connectivity index (χ1v) is 6.10. The van der Waals surface area contributed by atoms with Crippen LogP contribution in [-0.2, 0) is 6.42 Å². The smallest absolute Gasteiger partial charge is 0.373 e. The molecule has 2 aromatic rings. The summed E-state index contributed by atoms with van der Waals surface area (Å²) in [5.41, 5.74) is 1.23. The number of nitrogens with zero attached hydrogens (tertiary/aromatic N) is 3. The average Bonchev–Trinajstić information content (AvgIpc) is 2.82. The van der Waals surface area contributed by atoms with Crippen molar-refractivity contribution >= 4 is 5.97 Å². The molecule has 2 aromatic heterocycles. The minimum Gasteiger partial charge on any atom is -0.475 e. The van der Waals surface area contributed by atoms with Crippen molar-refractivity contribution in [2.45, 2.75) is 20.3 Å². The minimum absolute atomic E-state index is 0.153. The van der Waals surface area contributed by atoms with Crippen molar-refractivity contribution in [1.29, 1.82) is 5.26 Å². The standard InChI is InChI=1S/C14H13N3O3/c1-8(2)5-11-12(14(18)19)20-13(17-11)10-4-3-9(6-15)7-16-10/h3-4,7-8H,5H2,1-2H3,(H,18,19). The van der Waals surface area contributed by atoms with E-state index in [-0.39, 0.29) is 17.6 Å². The highest BCUT2D eigenvalue weighted by Gasteiger charge is 2.21. The molecular formula is C14H13N3O3. The third-order valence-electron chi connectivity index (χ3n) is 2.60. The van der Waals surface area contributed by atoms with Gasteiger partial charge in [-0.05, 0) is 24.5 Å². The van der Waals surface area contributed by atoms with Crippen LogP contribution < -0.4 is 0 Å². The summed E-state index contributed by atoms with van der Waals surface area (Å²) in [7, 11) is 0. The van der Waals surface area contributed by atoms with Crippen molar-refractivity contribution in [2.24, 2.45) is 5.92 Å². The normalized spacial score (nSPS) is 10.5. The zero-order valence-electron chi connectivity index (χ0n) is 11.1. The van der Waals surface area contributed by atoms with Gasteiger partial charge in [0.1, 0.15) is 11.8 Å². The molecule has 1 N–H and O–H groups in total. The van der Waals surface area contributed by atoms with E-state index in [1.807, 2.05) is 19.9 Å². The summed E-state index contributed by atoms with van der Waals surface area (Å²) >= 11 is 0. The van der Waals surface area contributed by atoms with Crippen LogP contribution in [0.25, 0.3) is 11.6 Å². The van der Waals surface area contributed by atoms with Gasteiger partial charge in [-0.25, -0.2) is 14.8 Å². The van der Waals surface area contributed by atoms with Gasteiger partial charge >= 0.3 is 5.97 Å². The molecule has 6 nitrogen and oxygen atoms in total. The number of hydrogen-bond donors (Lipinski definition) is 1. The summed E-state index contributed by atoms with van der Waals surface area (Å²) in [5.74, 6) is -0.879. The van der Waals surface area contributed by atoms with Crippen molar-refractivity contribution in [3.8, 4) is 17.7 Å². The summed E-state index contributed by atoms with van der Waals surface area (Å²) in [6, 6.07) is 5.12. The number of oxazole rings is 1. The van der Waals surface area contributed by atoms with E-state index in [1.165, 1.54) is 6.20 Å². The number of pyridine rings is 1. The first kappa shape index (κ1) is 13.7. The molecule has 0 saturated carbocycles. The number of carboxylic acids is 1. The van der Waals surface area contributed by atoms with Crippen molar-refractivity contribution in [1.82, 2.24) is 9.97 Å². The van der Waals surface area contributed by atoms with Crippen LogP contribution >= 0.6 is 0 Å². The quantitative estimate of drug-likeness (QED) is 0.916. The van der Waals surface area contributed by atoms with Crippen LogP contribution in [0.2, 0.25) is 0 Å². The molecule has 2 heterocycles. The highest BCUT2D eigenvalue weighted by molar-refractivity contribution is 5.86. The molecule has 0 aliphatic heterocycles. The highest BCUT2D eigenvalue weighted by Crippen LogP contribution is 2.22. The third kappa shape index (κ3) is 2.83. The molecule has 0 unspecified atom stereocenters. The molecule has 0 aromatic carbocycles. The van der Waals surface area contributed by atoms with Gasteiger partial charge in [-0.2, -0.15) is 5.26 Å². The molecule has 0 amide bonds. The van der Waals surface area contributed by atoms with Crippen LogP contribution in [0.5, 0.6) is 0 Å². The minimum atomic E-state index is -1.15. The van der Waals surface area contributed by atoms with Gasteiger partial charge in [-0.15, -0.1) is 0 Å². The van der Waals surface area contributed by atoms with Gasteiger partial charge in [0.2, 0.25) is 11.7 Å². The summed E-state index contributed by atoms with van der Waals surface area (Å²) in [6.45, 7) is 3.94. The highest BCUT2D eigenvalue weighted by atomic mass is 16.4. The molecule has 0 radical (unpaired) electrons. The van der Waals surface area contributed by atoms with E-state index in [9.17, 15) is 4.79 Å². The van der Waals surface area contributed by atoms with Crippen LogP contribution in [0.4, 0.5) is 0 Å². The molecule has 0 atom stereocenters. The monoisotopic (exact) mass is 271 g/mol. The maximum atomic E-state index is 11.2. The van der Waals surface area contributed by atoms with Gasteiger partial charge in [0.05, 0.1) is 11.3 Å². The Labute approximate surface area is 115 Å². The second-order valence-corrected chi connectivity index (χ2v) is 4.74. The van der Waals surface area contributed by atoms with E-state index in [2.05, 4.69) is 9.97 Å². The van der Waals surface area contributed by atoms with Crippen molar-refractivity contribution in [3.05, 3.63) is 35.3 Å². The predicted molar refractivity (Wildman–Crippen MR) is 70.0 cm³/mol. The van der Waals surface area contributed by atoms with Crippen LogP contribution in [0, 0.1) is 17.2 Å². The van der Waals surface area contributed by atoms with Crippen molar-refractivity contribution < 1.29 is 14.3 Å². The van der Waals surface area contributed by atoms with Gasteiger partial charge < -0.3 is 9.52 Å². The molecule has 0 aliphatic rings. The van der Waals surface area contributed by atoms with E-state index < -0.39 is 5.97 Å². The second kappa shape index (κ2) is 5.53. The summed E-state index contributed by atoms with van der Waals surface area (Å²) in [5, 5.41) is 17.8. The topological polar surface area (TPSA) is 100 Å². The number of aromatic nitrogens is 2. The fourth-order valence-corrected chi connectivity index (χ4v) is 1.74. The second-order valence-electron chi connectivity index (χ2n) is 4.74. The summed E-state index contributed by atoms with van der Waals surface area (Å²) in [4.78, 5) is 19.4. The molecule has 0 bridgehead atoms. The number of rotatable bonds is 4. The van der Waals surface area contributed by atoms with E-state index in [0.717, 1.165) is 0 Å². The van der Waals surface area contributed by atoms with Crippen molar-refractivity contribution in [3.63, 3.8) is 0 Å². The van der Waals surface area contributed by atoms with E-state index >= 15 is 0 Å². The van der Waals surface area contributed by atoms with E-state index in [0.29, 0.717) is 23.4 Å². The summed E-state index contributed by atoms with van der Waals surface area (Å²) < 4.78 is 5.28. The zero-order chi connectivity index (χ0) is 14.7. The molecule has 6 heteroatoms. The molecule has 0 saturated heterocycles. The van der Waals surface area contributed by atoms with Gasteiger partial charge in [0, 0.05) is 6.20 Å². The van der Waals surface area contributed by atoms with Gasteiger partial charge in [0.25, 0.3) is 0 Å². The largest absolute Gasteiger partial charge is 0.475 e. The summed E-state index contributed by atoms with van der Waals surface area (Å²) in [6.07, 6.45) is 1.91. The Morgan fingerprint density at radius 3 is 2.75 bits per heavy atom. The molecule has 102 valence electrons. The lowest BCUT2D eigenvalue weighted by molar-refractivity contribution is 0.0661. The first-order valence-electron chi connectivity index (χ1n) is 6.10. The molecule has 0 spiro atoms. The molecule has 0 fully saturated rings. The molecule has 20 heavy (non-hydrogen) atoms. The Hall–Kier alpha value is -2.68. The Morgan fingerprint density at radius 1 is 1.50 bits per heavy atom. The lowest BCUT2D eigenvalue weighted by Crippen LogP contribution is -2.03. The fraction of sp³-hybridized carbons (Fsp3) is 0.286. The van der Waals surface area contributed by atoms with E-state index in [4.69, 9.17) is 14.8 Å². The number of carbonyl (C=O) groups is 1. The van der Waals surface area contributed by atoms with Crippen LogP contribution in [0.3, 0.4) is 0 Å². The van der Waals surface area contributed by atoms with Crippen molar-refractivity contribution in [2.75, 3.05) is 0 Å². The Balaban J connectivity index is 2.41. The fourth-order valence-electron chi connectivity index (χ4n) is 1.74. The van der Waals surface area contributed by atoms with Gasteiger partial charge in [-0.3, -0.25) is 0 Å². The zero-order valence-corrected chi connectivity index (χ0v) is 11.1. The third-order valence-corrected chi connectivity index (χ3v) is 2.60. The molecule has 0 aliphatic carbocycles. The lowest BCUT2D eigenvalue weighted by atomic mass is 10.1. The Bertz CT molecular complexity index is 666. The lowest BCUT2D eigenvalue weighted by Gasteiger charge is -1.99. The van der Waals surface area contributed by atoms with E-state index in [1.54, 1.807) is 12.1 Å². The van der Waals surface area contributed by atoms with Crippen LogP contribution in [0.15, 0.2) is 22.7 Å². The molecule has 2 rings (SSSR count). The molecular weight excluding hydrogens is 258 g/mol. The Kier molecular flexibility index (Phi) is 3.80. The Morgan fingerprint density at radius 2 is 2.25 bits per heavy atom. The SMILES string of the molecule is CC(C)Cc1nc(-c2ccc(C#N)cn2)oc1C(=O)O. The average molecular weight is 271 g/mol. The first-order chi connectivity index (χ1) is 9.51. The number of aromatic carboxylic acids is 1. The maximum Gasteiger partial charge on any atom is 0.373 e. The van der Waals surface area contributed by atoms with Crippen LogP contribution in [0.1, 0.15) is 35.7 Å². The van der Waals surface area contributed by atoms with Crippen LogP contribution in [-0.4, -0.2) is 21.0 Å².